The zero-order valence-electron chi connectivity index (χ0n) is 14.4. The van der Waals surface area contributed by atoms with Gasteiger partial charge in [0.1, 0.15) is 12.4 Å². The molecule has 0 radical (unpaired) electrons. The maximum absolute atomic E-state index is 11.6. The predicted octanol–water partition coefficient (Wildman–Crippen LogP) is 4.75. The second-order valence-corrected chi connectivity index (χ2v) is 6.78. The molecule has 0 amide bonds. The Morgan fingerprint density at radius 1 is 1.32 bits per heavy atom. The Morgan fingerprint density at radius 3 is 2.68 bits per heavy atom. The summed E-state index contributed by atoms with van der Waals surface area (Å²) in [4.78, 5) is 14.6. The predicted molar refractivity (Wildman–Crippen MR) is 105 cm³/mol. The summed E-state index contributed by atoms with van der Waals surface area (Å²) < 4.78 is 5.89. The summed E-state index contributed by atoms with van der Waals surface area (Å²) in [6.07, 6.45) is 1.62. The van der Waals surface area contributed by atoms with Gasteiger partial charge in [-0.25, -0.2) is 4.79 Å². The summed E-state index contributed by atoms with van der Waals surface area (Å²) in [5.41, 5.74) is 0.892. The molecule has 0 atom stereocenters. The van der Waals surface area contributed by atoms with Crippen LogP contribution >= 0.6 is 22.9 Å². The van der Waals surface area contributed by atoms with Crippen LogP contribution in [0.2, 0.25) is 5.02 Å². The lowest BCUT2D eigenvalue weighted by molar-refractivity contribution is -0.130. The highest BCUT2D eigenvalue weighted by Gasteiger charge is 2.13. The van der Waals surface area contributed by atoms with Gasteiger partial charge in [-0.1, -0.05) is 31.5 Å². The lowest BCUT2D eigenvalue weighted by Crippen LogP contribution is -2.28. The Morgan fingerprint density at radius 2 is 2.08 bits per heavy atom. The van der Waals surface area contributed by atoms with Gasteiger partial charge in [-0.05, 0) is 48.8 Å². The second-order valence-electron chi connectivity index (χ2n) is 5.40. The van der Waals surface area contributed by atoms with E-state index in [1.54, 1.807) is 30.3 Å². The number of carbonyl (C=O) groups is 1. The summed E-state index contributed by atoms with van der Waals surface area (Å²) in [7, 11) is 0. The fraction of sp³-hybridized carbons (Fsp3) is 0.316. The minimum Gasteiger partial charge on any atom is -0.492 e. The molecule has 134 valence electrons. The number of halogens is 1. The van der Waals surface area contributed by atoms with Crippen molar-refractivity contribution in [2.24, 2.45) is 0 Å². The van der Waals surface area contributed by atoms with Gasteiger partial charge in [0.15, 0.2) is 0 Å². The molecule has 1 N–H and O–H groups in total. The molecule has 0 aliphatic heterocycles. The molecule has 25 heavy (non-hydrogen) atoms. The summed E-state index contributed by atoms with van der Waals surface area (Å²) in [6.45, 7) is 7.50. The smallest absolute Gasteiger partial charge is 0.337 e. The first-order valence-corrected chi connectivity index (χ1v) is 9.44. The zero-order valence-corrected chi connectivity index (χ0v) is 15.9. The quantitative estimate of drug-likeness (QED) is 0.639. The van der Waals surface area contributed by atoms with E-state index < -0.39 is 5.97 Å². The van der Waals surface area contributed by atoms with E-state index >= 15 is 0 Å². The summed E-state index contributed by atoms with van der Waals surface area (Å²) >= 11 is 7.48. The third kappa shape index (κ3) is 5.59. The number of ether oxygens (including phenoxy) is 1. The van der Waals surface area contributed by atoms with Crippen molar-refractivity contribution in [3.8, 4) is 5.75 Å². The van der Waals surface area contributed by atoms with Crippen LogP contribution in [0, 0.1) is 0 Å². The largest absolute Gasteiger partial charge is 0.492 e. The molecule has 0 unspecified atom stereocenters. The van der Waals surface area contributed by atoms with E-state index in [0.29, 0.717) is 27.8 Å². The minimum atomic E-state index is -0.975. The molecule has 1 aromatic heterocycles. The molecule has 6 heteroatoms. The minimum absolute atomic E-state index is 0.228. The van der Waals surface area contributed by atoms with Crippen LogP contribution < -0.4 is 4.74 Å². The van der Waals surface area contributed by atoms with Crippen LogP contribution in [0.5, 0.6) is 5.75 Å². The van der Waals surface area contributed by atoms with Crippen LogP contribution in [-0.4, -0.2) is 42.2 Å². The standard InChI is InChI=1S/C19H22ClNO3S/c1-3-21(4-2)9-10-24-17-8-7-15(20)12-14(17)13-16(19(22)23)18-6-5-11-25-18/h5-8,11-13H,3-4,9-10H2,1-2H3,(H,22,23)/b16-13-. The van der Waals surface area contributed by atoms with Crippen LogP contribution in [0.15, 0.2) is 35.7 Å². The monoisotopic (exact) mass is 379 g/mol. The highest BCUT2D eigenvalue weighted by Crippen LogP contribution is 2.29. The molecule has 0 bridgehead atoms. The molecule has 2 aromatic rings. The van der Waals surface area contributed by atoms with E-state index in [2.05, 4.69) is 18.7 Å². The number of hydrogen-bond acceptors (Lipinski definition) is 4. The van der Waals surface area contributed by atoms with E-state index in [9.17, 15) is 9.90 Å². The molecule has 1 heterocycles. The Hall–Kier alpha value is -1.82. The van der Waals surface area contributed by atoms with Gasteiger partial charge in [-0.15, -0.1) is 11.3 Å². The third-order valence-corrected chi connectivity index (χ3v) is 4.99. The summed E-state index contributed by atoms with van der Waals surface area (Å²) in [5.74, 6) is -0.344. The van der Waals surface area contributed by atoms with Crippen LogP contribution in [0.3, 0.4) is 0 Å². The number of benzene rings is 1. The Kier molecular flexibility index (Phi) is 7.50. The van der Waals surface area contributed by atoms with Crippen molar-refractivity contribution in [1.82, 2.24) is 4.90 Å². The number of rotatable bonds is 9. The molecule has 0 aliphatic rings. The second kappa shape index (κ2) is 9.61. The number of nitrogens with zero attached hydrogens (tertiary/aromatic N) is 1. The molecule has 0 fully saturated rings. The van der Waals surface area contributed by atoms with Gasteiger partial charge >= 0.3 is 5.97 Å². The van der Waals surface area contributed by atoms with E-state index in [1.807, 2.05) is 11.4 Å². The fourth-order valence-electron chi connectivity index (χ4n) is 2.41. The van der Waals surface area contributed by atoms with Crippen molar-refractivity contribution < 1.29 is 14.6 Å². The van der Waals surface area contributed by atoms with Crippen LogP contribution in [0.4, 0.5) is 0 Å². The SMILES string of the molecule is CCN(CC)CCOc1ccc(Cl)cc1/C=C(\C(=O)O)c1cccs1. The lowest BCUT2D eigenvalue weighted by atomic mass is 10.1. The van der Waals surface area contributed by atoms with Crippen molar-refractivity contribution in [2.75, 3.05) is 26.2 Å². The summed E-state index contributed by atoms with van der Waals surface area (Å²) in [5, 5.41) is 11.9. The number of carboxylic acids is 1. The van der Waals surface area contributed by atoms with Gasteiger partial charge in [0.2, 0.25) is 0 Å². The highest BCUT2D eigenvalue weighted by molar-refractivity contribution is 7.11. The number of aliphatic carboxylic acids is 1. The van der Waals surface area contributed by atoms with E-state index in [1.165, 1.54) is 11.3 Å². The topological polar surface area (TPSA) is 49.8 Å². The van der Waals surface area contributed by atoms with Crippen LogP contribution in [0.25, 0.3) is 11.6 Å². The first-order chi connectivity index (χ1) is 12.0. The van der Waals surface area contributed by atoms with Gasteiger partial charge in [0.25, 0.3) is 0 Å². The van der Waals surface area contributed by atoms with Crippen LogP contribution in [-0.2, 0) is 4.79 Å². The van der Waals surface area contributed by atoms with Gasteiger partial charge < -0.3 is 14.7 Å². The maximum Gasteiger partial charge on any atom is 0.337 e. The van der Waals surface area contributed by atoms with Crippen molar-refractivity contribution in [2.45, 2.75) is 13.8 Å². The van der Waals surface area contributed by atoms with Crippen LogP contribution in [0.1, 0.15) is 24.3 Å². The molecular weight excluding hydrogens is 358 g/mol. The van der Waals surface area contributed by atoms with Gasteiger partial charge in [-0.3, -0.25) is 0 Å². The van der Waals surface area contributed by atoms with Crippen molar-refractivity contribution >= 4 is 40.6 Å². The molecule has 0 saturated carbocycles. The molecule has 0 saturated heterocycles. The Labute approximate surface area is 157 Å². The number of carboxylic acid groups (broad SMARTS) is 1. The number of thiophene rings is 1. The average molecular weight is 380 g/mol. The molecule has 2 rings (SSSR count). The van der Waals surface area contributed by atoms with Crippen molar-refractivity contribution in [1.29, 1.82) is 0 Å². The first kappa shape index (κ1) is 19.5. The number of hydrogen-bond donors (Lipinski definition) is 1. The normalized spacial score (nSPS) is 11.8. The summed E-state index contributed by atoms with van der Waals surface area (Å²) in [6, 6.07) is 8.87. The van der Waals surface area contributed by atoms with E-state index in [-0.39, 0.29) is 5.57 Å². The van der Waals surface area contributed by atoms with E-state index in [0.717, 1.165) is 19.6 Å². The third-order valence-electron chi connectivity index (χ3n) is 3.85. The van der Waals surface area contributed by atoms with Gasteiger partial charge in [-0.2, -0.15) is 0 Å². The zero-order chi connectivity index (χ0) is 18.2. The number of likely N-dealkylation sites (N-methyl/N-ethyl adjacent to an activating group) is 1. The molecule has 4 nitrogen and oxygen atoms in total. The Bertz CT molecular complexity index is 724. The molecular formula is C19H22ClNO3S. The van der Waals surface area contributed by atoms with Crippen molar-refractivity contribution in [3.63, 3.8) is 0 Å². The Balaban J connectivity index is 2.25. The van der Waals surface area contributed by atoms with Gasteiger partial charge in [0.05, 0.1) is 5.57 Å². The first-order valence-electron chi connectivity index (χ1n) is 8.18. The molecule has 0 aliphatic carbocycles. The van der Waals surface area contributed by atoms with Crippen molar-refractivity contribution in [3.05, 3.63) is 51.2 Å². The molecule has 1 aromatic carbocycles. The maximum atomic E-state index is 11.6. The highest BCUT2D eigenvalue weighted by atomic mass is 35.5. The van der Waals surface area contributed by atoms with Gasteiger partial charge in [0, 0.05) is 22.0 Å². The van der Waals surface area contributed by atoms with E-state index in [4.69, 9.17) is 16.3 Å². The lowest BCUT2D eigenvalue weighted by Gasteiger charge is -2.18. The average Bonchev–Trinajstić information content (AvgIpc) is 3.12. The molecule has 0 spiro atoms. The fourth-order valence-corrected chi connectivity index (χ4v) is 3.33.